The molecule has 0 amide bonds. The number of rotatable bonds is 6. The van der Waals surface area contributed by atoms with Gasteiger partial charge in [-0.05, 0) is 26.2 Å². The fraction of sp³-hybridized carbons (Fsp3) is 0.900. The monoisotopic (exact) mass is 249 g/mol. The molecular weight excluding hydrogens is 230 g/mol. The number of hydrogen-bond donors (Lipinski definition) is 0. The Morgan fingerprint density at radius 2 is 2.06 bits per heavy atom. The highest BCUT2D eigenvalue weighted by Gasteiger charge is 2.42. The predicted octanol–water partition coefficient (Wildman–Crippen LogP) is 0.752. The minimum absolute atomic E-state index is 0.162. The highest BCUT2D eigenvalue weighted by Crippen LogP contribution is 2.32. The number of sulfonamides is 1. The number of ether oxygens (including phenoxy) is 1. The summed E-state index contributed by atoms with van der Waals surface area (Å²) < 4.78 is 29.9. The number of nitrogens with zero attached hydrogens (tertiary/aromatic N) is 1. The van der Waals surface area contributed by atoms with Gasteiger partial charge in [-0.2, -0.15) is 4.31 Å². The van der Waals surface area contributed by atoms with Crippen molar-refractivity contribution in [1.29, 1.82) is 0 Å². The van der Waals surface area contributed by atoms with Crippen LogP contribution >= 0.6 is 0 Å². The summed E-state index contributed by atoms with van der Waals surface area (Å²) in [5.41, 5.74) is 0. The zero-order valence-corrected chi connectivity index (χ0v) is 10.8. The van der Waals surface area contributed by atoms with E-state index in [1.165, 1.54) is 11.4 Å². The minimum Gasteiger partial charge on any atom is -0.468 e. The summed E-state index contributed by atoms with van der Waals surface area (Å²) in [6.07, 6.45) is 2.09. The molecule has 16 heavy (non-hydrogen) atoms. The number of hydrogen-bond acceptors (Lipinski definition) is 4. The SMILES string of the molecule is CC[C@H](C)N(CC(=O)OC)S(=O)(=O)C1CC1. The number of carbonyl (C=O) groups is 1. The van der Waals surface area contributed by atoms with Crippen LogP contribution in [0.4, 0.5) is 0 Å². The number of esters is 1. The summed E-state index contributed by atoms with van der Waals surface area (Å²) in [6, 6.07) is -0.162. The fourth-order valence-electron chi connectivity index (χ4n) is 1.45. The maximum absolute atomic E-state index is 12.1. The molecule has 0 N–H and O–H groups in total. The lowest BCUT2D eigenvalue weighted by Gasteiger charge is -2.26. The molecule has 5 nitrogen and oxygen atoms in total. The Morgan fingerprint density at radius 1 is 1.50 bits per heavy atom. The summed E-state index contributed by atoms with van der Waals surface area (Å²) in [5.74, 6) is -0.510. The molecule has 0 radical (unpaired) electrons. The fourth-order valence-corrected chi connectivity index (χ4v) is 3.50. The van der Waals surface area contributed by atoms with Gasteiger partial charge in [-0.25, -0.2) is 8.42 Å². The molecule has 0 aliphatic heterocycles. The molecule has 6 heteroatoms. The van der Waals surface area contributed by atoms with E-state index < -0.39 is 16.0 Å². The zero-order valence-electron chi connectivity index (χ0n) is 9.97. The van der Waals surface area contributed by atoms with Crippen LogP contribution < -0.4 is 0 Å². The van der Waals surface area contributed by atoms with Crippen molar-refractivity contribution in [3.05, 3.63) is 0 Å². The zero-order chi connectivity index (χ0) is 12.3. The lowest BCUT2D eigenvalue weighted by Crippen LogP contribution is -2.43. The third kappa shape index (κ3) is 2.95. The summed E-state index contributed by atoms with van der Waals surface area (Å²) in [6.45, 7) is 3.53. The Morgan fingerprint density at radius 3 is 2.44 bits per heavy atom. The molecule has 0 aromatic rings. The third-order valence-electron chi connectivity index (χ3n) is 2.87. The molecule has 1 aliphatic carbocycles. The lowest BCUT2D eigenvalue weighted by atomic mass is 10.2. The maximum Gasteiger partial charge on any atom is 0.321 e. The van der Waals surface area contributed by atoms with Crippen LogP contribution in [0.15, 0.2) is 0 Å². The second-order valence-electron chi connectivity index (χ2n) is 4.12. The molecule has 0 bridgehead atoms. The van der Waals surface area contributed by atoms with E-state index in [0.29, 0.717) is 19.3 Å². The van der Waals surface area contributed by atoms with Gasteiger partial charge in [0.15, 0.2) is 0 Å². The van der Waals surface area contributed by atoms with E-state index in [1.54, 1.807) is 0 Å². The standard InChI is InChI=1S/C10H19NO4S/c1-4-8(2)11(7-10(12)15-3)16(13,14)9-5-6-9/h8-9H,4-7H2,1-3H3/t8-/m0/s1. The van der Waals surface area contributed by atoms with E-state index >= 15 is 0 Å². The van der Waals surface area contributed by atoms with Crippen molar-refractivity contribution in [1.82, 2.24) is 4.31 Å². The van der Waals surface area contributed by atoms with Gasteiger partial charge in [0.1, 0.15) is 6.54 Å². The quantitative estimate of drug-likeness (QED) is 0.652. The van der Waals surface area contributed by atoms with Crippen LogP contribution in [0.3, 0.4) is 0 Å². The van der Waals surface area contributed by atoms with Crippen molar-refractivity contribution in [2.24, 2.45) is 0 Å². The van der Waals surface area contributed by atoms with Gasteiger partial charge in [-0.15, -0.1) is 0 Å². The Bertz CT molecular complexity index is 348. The molecule has 1 aliphatic rings. The van der Waals surface area contributed by atoms with Gasteiger partial charge in [0.2, 0.25) is 10.0 Å². The number of methoxy groups -OCH3 is 1. The van der Waals surface area contributed by atoms with Gasteiger partial charge < -0.3 is 4.74 Å². The van der Waals surface area contributed by atoms with E-state index in [4.69, 9.17) is 0 Å². The Labute approximate surface area is 96.8 Å². The van der Waals surface area contributed by atoms with Crippen LogP contribution in [0.1, 0.15) is 33.1 Å². The molecular formula is C10H19NO4S. The normalized spacial score (nSPS) is 18.5. The molecule has 0 unspecified atom stereocenters. The molecule has 0 spiro atoms. The van der Waals surface area contributed by atoms with Crippen molar-refractivity contribution in [2.45, 2.75) is 44.4 Å². The maximum atomic E-state index is 12.1. The van der Waals surface area contributed by atoms with Crippen LogP contribution in [0.2, 0.25) is 0 Å². The summed E-state index contributed by atoms with van der Waals surface area (Å²) in [7, 11) is -2.05. The van der Waals surface area contributed by atoms with Gasteiger partial charge in [0, 0.05) is 6.04 Å². The van der Waals surface area contributed by atoms with Crippen LogP contribution in [-0.2, 0) is 19.6 Å². The molecule has 1 fully saturated rings. The number of carbonyl (C=O) groups excluding carboxylic acids is 1. The smallest absolute Gasteiger partial charge is 0.321 e. The minimum atomic E-state index is -3.31. The van der Waals surface area contributed by atoms with Crippen LogP contribution in [0.5, 0.6) is 0 Å². The second-order valence-corrected chi connectivity index (χ2v) is 6.29. The Hall–Kier alpha value is -0.620. The predicted molar refractivity (Wildman–Crippen MR) is 60.4 cm³/mol. The first-order valence-electron chi connectivity index (χ1n) is 5.51. The molecule has 0 aromatic heterocycles. The molecule has 0 saturated heterocycles. The second kappa shape index (κ2) is 5.14. The van der Waals surface area contributed by atoms with Crippen molar-refractivity contribution in [3.8, 4) is 0 Å². The van der Waals surface area contributed by atoms with E-state index in [2.05, 4.69) is 4.74 Å². The largest absolute Gasteiger partial charge is 0.468 e. The van der Waals surface area contributed by atoms with Crippen LogP contribution in [0, 0.1) is 0 Å². The molecule has 94 valence electrons. The molecule has 1 saturated carbocycles. The van der Waals surface area contributed by atoms with Crippen molar-refractivity contribution in [3.63, 3.8) is 0 Å². The van der Waals surface area contributed by atoms with E-state index in [-0.39, 0.29) is 17.8 Å². The van der Waals surface area contributed by atoms with Crippen molar-refractivity contribution in [2.75, 3.05) is 13.7 Å². The Balaban J connectivity index is 2.82. The molecule has 1 rings (SSSR count). The lowest BCUT2D eigenvalue weighted by molar-refractivity contribution is -0.141. The van der Waals surface area contributed by atoms with Gasteiger partial charge in [0.25, 0.3) is 0 Å². The van der Waals surface area contributed by atoms with Gasteiger partial charge in [0.05, 0.1) is 12.4 Å². The molecule has 1 atom stereocenters. The third-order valence-corrected chi connectivity index (χ3v) is 5.32. The van der Waals surface area contributed by atoms with Gasteiger partial charge >= 0.3 is 5.97 Å². The first-order valence-corrected chi connectivity index (χ1v) is 7.01. The first-order chi connectivity index (χ1) is 7.43. The topological polar surface area (TPSA) is 63.7 Å². The Kier molecular flexibility index (Phi) is 4.32. The van der Waals surface area contributed by atoms with Gasteiger partial charge in [-0.3, -0.25) is 4.79 Å². The molecule has 0 aromatic carbocycles. The first kappa shape index (κ1) is 13.4. The highest BCUT2D eigenvalue weighted by atomic mass is 32.2. The van der Waals surface area contributed by atoms with Crippen LogP contribution in [-0.4, -0.2) is 43.6 Å². The van der Waals surface area contributed by atoms with Crippen LogP contribution in [0.25, 0.3) is 0 Å². The molecule has 0 heterocycles. The summed E-state index contributed by atoms with van der Waals surface area (Å²) >= 11 is 0. The van der Waals surface area contributed by atoms with E-state index in [0.717, 1.165) is 0 Å². The van der Waals surface area contributed by atoms with Crippen molar-refractivity contribution < 1.29 is 17.9 Å². The average molecular weight is 249 g/mol. The van der Waals surface area contributed by atoms with Crippen molar-refractivity contribution >= 4 is 16.0 Å². The highest BCUT2D eigenvalue weighted by molar-refractivity contribution is 7.90. The summed E-state index contributed by atoms with van der Waals surface area (Å²) in [4.78, 5) is 11.2. The van der Waals surface area contributed by atoms with E-state index in [9.17, 15) is 13.2 Å². The summed E-state index contributed by atoms with van der Waals surface area (Å²) in [5, 5.41) is -0.286. The van der Waals surface area contributed by atoms with Gasteiger partial charge in [-0.1, -0.05) is 6.92 Å². The average Bonchev–Trinajstić information content (AvgIpc) is 3.07. The van der Waals surface area contributed by atoms with E-state index in [1.807, 2.05) is 13.8 Å².